The number of carbonyl (C=O) groups is 2. The monoisotopic (exact) mass is 575 g/mol. The SMILES string of the molecule is CCC(C(=O)NC1CCCC1)N(Cc1cccc(C)c1)C(=O)CN(c1ccc(C)cc1)S(=O)(=O)c1ccc(C)cc1. The molecule has 2 amide bonds. The number of nitrogens with one attached hydrogen (secondary N) is 1. The van der Waals surface area contributed by atoms with Gasteiger partial charge < -0.3 is 10.2 Å². The van der Waals surface area contributed by atoms with Gasteiger partial charge in [-0.1, -0.05) is 85.0 Å². The molecule has 7 nitrogen and oxygen atoms in total. The van der Waals surface area contributed by atoms with Crippen LogP contribution in [0.15, 0.2) is 77.7 Å². The summed E-state index contributed by atoms with van der Waals surface area (Å²) >= 11 is 0. The molecule has 0 radical (unpaired) electrons. The molecule has 1 unspecified atom stereocenters. The first-order valence-corrected chi connectivity index (χ1v) is 15.8. The fourth-order valence-corrected chi connectivity index (χ4v) is 6.79. The van der Waals surface area contributed by atoms with E-state index in [4.69, 9.17) is 0 Å². The number of benzene rings is 3. The second-order valence-corrected chi connectivity index (χ2v) is 12.9. The van der Waals surface area contributed by atoms with Crippen molar-refractivity contribution >= 4 is 27.5 Å². The molecule has 8 heteroatoms. The van der Waals surface area contributed by atoms with Crippen molar-refractivity contribution in [3.05, 3.63) is 95.1 Å². The third-order valence-corrected chi connectivity index (χ3v) is 9.52. The number of aryl methyl sites for hydroxylation is 3. The van der Waals surface area contributed by atoms with E-state index in [1.165, 1.54) is 0 Å². The standard InChI is InChI=1S/C33H41N3O4S/c1-5-31(33(38)34-28-11-6-7-12-28)35(22-27-10-8-9-26(4)21-27)32(37)23-36(29-17-13-24(2)14-18-29)41(39,40)30-19-15-25(3)16-20-30/h8-10,13-21,28,31H,5-7,11-12,22-23H2,1-4H3,(H,34,38). The Morgan fingerprint density at radius 3 is 2.07 bits per heavy atom. The molecule has 41 heavy (non-hydrogen) atoms. The van der Waals surface area contributed by atoms with Gasteiger partial charge in [0.1, 0.15) is 12.6 Å². The average Bonchev–Trinajstić information content (AvgIpc) is 3.45. The number of amides is 2. The van der Waals surface area contributed by atoms with E-state index < -0.39 is 28.5 Å². The maximum absolute atomic E-state index is 14.2. The average molecular weight is 576 g/mol. The van der Waals surface area contributed by atoms with Gasteiger partial charge in [-0.25, -0.2) is 8.42 Å². The number of hydrogen-bond acceptors (Lipinski definition) is 4. The second kappa shape index (κ2) is 13.3. The minimum Gasteiger partial charge on any atom is -0.352 e. The molecule has 218 valence electrons. The van der Waals surface area contributed by atoms with E-state index in [9.17, 15) is 18.0 Å². The highest BCUT2D eigenvalue weighted by Gasteiger charge is 2.34. The molecule has 1 aliphatic rings. The van der Waals surface area contributed by atoms with Crippen molar-refractivity contribution in [3.63, 3.8) is 0 Å². The van der Waals surface area contributed by atoms with Crippen LogP contribution >= 0.6 is 0 Å². The fraction of sp³-hybridized carbons (Fsp3) is 0.394. The highest BCUT2D eigenvalue weighted by atomic mass is 32.2. The van der Waals surface area contributed by atoms with Crippen molar-refractivity contribution in [2.24, 2.45) is 0 Å². The summed E-state index contributed by atoms with van der Waals surface area (Å²) in [6, 6.07) is 20.9. The molecule has 3 aromatic carbocycles. The molecule has 1 fully saturated rings. The zero-order valence-corrected chi connectivity index (χ0v) is 25.3. The zero-order chi connectivity index (χ0) is 29.6. The normalized spacial score (nSPS) is 14.4. The smallest absolute Gasteiger partial charge is 0.264 e. The quantitative estimate of drug-likeness (QED) is 0.319. The number of nitrogens with zero attached hydrogens (tertiary/aromatic N) is 2. The highest BCUT2D eigenvalue weighted by Crippen LogP contribution is 2.26. The Bertz CT molecular complexity index is 1450. The Morgan fingerprint density at radius 2 is 1.49 bits per heavy atom. The molecule has 1 saturated carbocycles. The van der Waals surface area contributed by atoms with Crippen molar-refractivity contribution < 1.29 is 18.0 Å². The molecular formula is C33H41N3O4S. The van der Waals surface area contributed by atoms with Crippen molar-refractivity contribution in [3.8, 4) is 0 Å². The molecule has 0 saturated heterocycles. The Hall–Kier alpha value is -3.65. The topological polar surface area (TPSA) is 86.8 Å². The maximum atomic E-state index is 14.2. The van der Waals surface area contributed by atoms with Gasteiger partial charge >= 0.3 is 0 Å². The maximum Gasteiger partial charge on any atom is 0.264 e. The summed E-state index contributed by atoms with van der Waals surface area (Å²) in [4.78, 5) is 29.4. The lowest BCUT2D eigenvalue weighted by molar-refractivity contribution is -0.140. The third kappa shape index (κ3) is 7.55. The van der Waals surface area contributed by atoms with Gasteiger partial charge in [-0.2, -0.15) is 0 Å². The van der Waals surface area contributed by atoms with Gasteiger partial charge in [0.05, 0.1) is 10.6 Å². The molecule has 0 aromatic heterocycles. The number of hydrogen-bond donors (Lipinski definition) is 1. The number of anilines is 1. The van der Waals surface area contributed by atoms with E-state index in [0.29, 0.717) is 12.1 Å². The van der Waals surface area contributed by atoms with Crippen LogP contribution < -0.4 is 9.62 Å². The molecule has 0 spiro atoms. The molecule has 4 rings (SSSR count). The van der Waals surface area contributed by atoms with Crippen molar-refractivity contribution in [1.82, 2.24) is 10.2 Å². The Kier molecular flexibility index (Phi) is 9.86. The molecule has 3 aromatic rings. The lowest BCUT2D eigenvalue weighted by atomic mass is 10.1. The van der Waals surface area contributed by atoms with E-state index in [1.807, 2.05) is 64.1 Å². The van der Waals surface area contributed by atoms with Crippen LogP contribution in [0.3, 0.4) is 0 Å². The molecule has 1 N–H and O–H groups in total. The predicted molar refractivity (Wildman–Crippen MR) is 163 cm³/mol. The van der Waals surface area contributed by atoms with Gasteiger partial charge in [0.25, 0.3) is 10.0 Å². The molecular weight excluding hydrogens is 534 g/mol. The zero-order valence-electron chi connectivity index (χ0n) is 24.5. The van der Waals surface area contributed by atoms with Gasteiger partial charge in [0.2, 0.25) is 11.8 Å². The first-order chi connectivity index (χ1) is 19.6. The summed E-state index contributed by atoms with van der Waals surface area (Å²) < 4.78 is 29.1. The van der Waals surface area contributed by atoms with Crippen LogP contribution in [0, 0.1) is 20.8 Å². The van der Waals surface area contributed by atoms with E-state index in [-0.39, 0.29) is 23.4 Å². The van der Waals surface area contributed by atoms with Crippen LogP contribution in [-0.4, -0.2) is 43.8 Å². The number of rotatable bonds is 11. The van der Waals surface area contributed by atoms with Crippen LogP contribution in [0.4, 0.5) is 5.69 Å². The Morgan fingerprint density at radius 1 is 0.878 bits per heavy atom. The summed E-state index contributed by atoms with van der Waals surface area (Å²) in [6.45, 7) is 7.44. The molecule has 0 aliphatic heterocycles. The molecule has 1 aliphatic carbocycles. The van der Waals surface area contributed by atoms with Gasteiger partial charge in [0, 0.05) is 12.6 Å². The molecule has 1 atom stereocenters. The van der Waals surface area contributed by atoms with E-state index in [0.717, 1.165) is 52.2 Å². The predicted octanol–water partition coefficient (Wildman–Crippen LogP) is 5.67. The van der Waals surface area contributed by atoms with Crippen molar-refractivity contribution in [2.75, 3.05) is 10.8 Å². The summed E-state index contributed by atoms with van der Waals surface area (Å²) in [5.41, 5.74) is 4.23. The van der Waals surface area contributed by atoms with E-state index in [2.05, 4.69) is 5.32 Å². The summed E-state index contributed by atoms with van der Waals surface area (Å²) in [5, 5.41) is 3.15. The molecule has 0 heterocycles. The summed E-state index contributed by atoms with van der Waals surface area (Å²) in [6.07, 6.45) is 4.44. The summed E-state index contributed by atoms with van der Waals surface area (Å²) in [5.74, 6) is -0.625. The molecule has 0 bridgehead atoms. The van der Waals surface area contributed by atoms with Gasteiger partial charge in [-0.3, -0.25) is 13.9 Å². The van der Waals surface area contributed by atoms with Crippen LogP contribution in [0.1, 0.15) is 61.3 Å². The van der Waals surface area contributed by atoms with Crippen LogP contribution in [0.5, 0.6) is 0 Å². The summed E-state index contributed by atoms with van der Waals surface area (Å²) in [7, 11) is -4.08. The lowest BCUT2D eigenvalue weighted by Gasteiger charge is -2.34. The fourth-order valence-electron chi connectivity index (χ4n) is 5.37. The Labute approximate surface area is 244 Å². The Balaban J connectivity index is 1.71. The largest absolute Gasteiger partial charge is 0.352 e. The van der Waals surface area contributed by atoms with Gasteiger partial charge in [-0.15, -0.1) is 0 Å². The van der Waals surface area contributed by atoms with E-state index >= 15 is 0 Å². The van der Waals surface area contributed by atoms with Gasteiger partial charge in [0.15, 0.2) is 0 Å². The van der Waals surface area contributed by atoms with Gasteiger partial charge in [-0.05, 0) is 69.9 Å². The highest BCUT2D eigenvalue weighted by molar-refractivity contribution is 7.92. The lowest BCUT2D eigenvalue weighted by Crippen LogP contribution is -2.53. The first-order valence-electron chi connectivity index (χ1n) is 14.4. The minimum absolute atomic E-state index is 0.104. The van der Waals surface area contributed by atoms with Crippen molar-refractivity contribution in [2.45, 2.75) is 83.3 Å². The third-order valence-electron chi connectivity index (χ3n) is 7.73. The van der Waals surface area contributed by atoms with Crippen LogP contribution in [-0.2, 0) is 26.2 Å². The van der Waals surface area contributed by atoms with E-state index in [1.54, 1.807) is 41.3 Å². The van der Waals surface area contributed by atoms with Crippen LogP contribution in [0.2, 0.25) is 0 Å². The second-order valence-electron chi connectivity index (χ2n) is 11.1. The number of carbonyl (C=O) groups excluding carboxylic acids is 2. The first kappa shape index (κ1) is 30.3. The van der Waals surface area contributed by atoms with Crippen LogP contribution in [0.25, 0.3) is 0 Å². The minimum atomic E-state index is -4.08. The number of sulfonamides is 1. The van der Waals surface area contributed by atoms with Crippen molar-refractivity contribution in [1.29, 1.82) is 0 Å².